The van der Waals surface area contributed by atoms with E-state index in [-0.39, 0.29) is 62.7 Å². The van der Waals surface area contributed by atoms with Crippen molar-refractivity contribution in [2.45, 2.75) is 257 Å². The lowest BCUT2D eigenvalue weighted by molar-refractivity contribution is 0.0704. The molecule has 4 fully saturated rings. The zero-order chi connectivity index (χ0) is 113. The molecule has 28 nitrogen and oxygen atoms in total. The molecule has 12 atom stereocenters. The van der Waals surface area contributed by atoms with E-state index in [2.05, 4.69) is 60.8 Å². The Bertz CT molecular complexity index is 5200. The quantitative estimate of drug-likeness (QED) is 0.0611. The van der Waals surface area contributed by atoms with Crippen LogP contribution in [0.1, 0.15) is 300 Å². The van der Waals surface area contributed by atoms with Gasteiger partial charge in [0.2, 0.25) is 23.8 Å². The Morgan fingerprint density at radius 2 is 0.924 bits per heavy atom. The number of hydrogen-bond donors (Lipinski definition) is 16. The Balaban J connectivity index is 0.000000338. The molecule has 8 rings (SSSR count). The van der Waals surface area contributed by atoms with E-state index in [1.807, 2.05) is 21.3 Å². The molecule has 4 aliphatic carbocycles. The average molecular weight is 1340 g/mol. The second-order valence-corrected chi connectivity index (χ2v) is 21.1. The number of nitrogens with one attached hydrogen (secondary N) is 8. The highest BCUT2D eigenvalue weighted by molar-refractivity contribution is 5.98. The van der Waals surface area contributed by atoms with Crippen LogP contribution >= 0.6 is 0 Å². The zero-order valence-electron chi connectivity index (χ0n) is 101. The summed E-state index contributed by atoms with van der Waals surface area (Å²) in [5.41, 5.74) is 4.89. The fourth-order valence-corrected chi connectivity index (χ4v) is 8.51. The van der Waals surface area contributed by atoms with Crippen LogP contribution in [0.2, 0.25) is 0 Å². The number of aliphatic hydroxyl groups is 4. The first-order chi connectivity index (χ1) is 63.4. The molecular weight excluding hydrogens is 1180 g/mol. The van der Waals surface area contributed by atoms with Gasteiger partial charge in [-0.05, 0) is 183 Å². The summed E-state index contributed by atoms with van der Waals surface area (Å²) in [6, 6.07) is -5.63. The van der Waals surface area contributed by atoms with E-state index in [0.29, 0.717) is 6.20 Å². The maximum atomic E-state index is 12.0. The zero-order valence-corrected chi connectivity index (χ0v) is 49.3. The lowest BCUT2D eigenvalue weighted by Gasteiger charge is -2.32. The highest BCUT2D eigenvalue weighted by Crippen LogP contribution is 2.32. The first-order valence-corrected chi connectivity index (χ1v) is 27.2. The van der Waals surface area contributed by atoms with Gasteiger partial charge in [-0.3, -0.25) is 24.2 Å². The van der Waals surface area contributed by atoms with Gasteiger partial charge in [-0.15, -0.1) is 0 Å². The molecule has 28 heteroatoms. The normalized spacial score (nSPS) is 42.7. The van der Waals surface area contributed by atoms with Crippen LogP contribution in [0.3, 0.4) is 0 Å². The molecule has 4 heterocycles. The van der Waals surface area contributed by atoms with Crippen LogP contribution in [-0.4, -0.2) is 155 Å². The number of primary amides is 4. The molecule has 12 unspecified atom stereocenters. The smallest absolute Gasteiger partial charge is 0.254 e. The number of anilines is 7. The molecule has 4 aliphatic rings. The number of H-pyrrole nitrogens is 1. The van der Waals surface area contributed by atoms with Crippen LogP contribution in [0.4, 0.5) is 41.2 Å². The van der Waals surface area contributed by atoms with E-state index in [9.17, 15) is 39.6 Å². The minimum Gasteiger partial charge on any atom is -0.393 e. The minimum atomic E-state index is -3.67. The molecule has 0 aliphatic heterocycles. The Labute approximate surface area is 615 Å². The molecule has 4 saturated carbocycles. The van der Waals surface area contributed by atoms with E-state index in [4.69, 9.17) is 94.2 Å². The van der Waals surface area contributed by atoms with Gasteiger partial charge < -0.3 is 85.6 Å². The molecule has 4 amide bonds. The third-order valence-corrected chi connectivity index (χ3v) is 13.1. The fraction of sp³-hybridized carbons (Fsp3) is 0.688. The molecule has 0 bridgehead atoms. The monoisotopic (exact) mass is 1340 g/mol. The summed E-state index contributed by atoms with van der Waals surface area (Å²) in [7, 11) is 0. The van der Waals surface area contributed by atoms with Crippen molar-refractivity contribution in [1.29, 1.82) is 0 Å². The predicted octanol–water partition coefficient (Wildman–Crippen LogP) is 6.41. The Hall–Kier alpha value is -7.56. The van der Waals surface area contributed by atoms with Crippen LogP contribution in [0, 0.1) is 23.6 Å². The number of rotatable bonds is 15. The van der Waals surface area contributed by atoms with Crippen LogP contribution < -0.4 is 65.6 Å². The number of aromatic nitrogens is 8. The van der Waals surface area contributed by atoms with Crippen LogP contribution in [-0.2, 0) is 0 Å². The highest BCUT2D eigenvalue weighted by atomic mass is 16.3. The number of amides is 4. The first-order valence-electron chi connectivity index (χ1n) is 53.2. The summed E-state index contributed by atoms with van der Waals surface area (Å²) < 4.78 is 404. The summed E-state index contributed by atoms with van der Waals surface area (Å²) in [4.78, 5) is 80.4. The summed E-state index contributed by atoms with van der Waals surface area (Å²) in [6.45, 7) is -46.5. The third-order valence-electron chi connectivity index (χ3n) is 13.1. The largest absolute Gasteiger partial charge is 0.393 e. The summed E-state index contributed by atoms with van der Waals surface area (Å²) in [5, 5.41) is 56.9. The van der Waals surface area contributed by atoms with Gasteiger partial charge in [0.05, 0.1) is 62.2 Å². The van der Waals surface area contributed by atoms with Crippen molar-refractivity contribution in [3.63, 3.8) is 0 Å². The first kappa shape index (κ1) is 29.8. The number of aromatic amines is 1. The Kier molecular flexibility index (Phi) is 10.5. The summed E-state index contributed by atoms with van der Waals surface area (Å²) in [5.74, 6) is -16.3. The topological polar surface area (TPSA) is 456 Å². The van der Waals surface area contributed by atoms with Crippen molar-refractivity contribution < 1.29 is 111 Å². The van der Waals surface area contributed by atoms with Gasteiger partial charge >= 0.3 is 0 Å². The minimum absolute atomic E-state index is 0.0528. The second kappa shape index (κ2) is 32.3. The van der Waals surface area contributed by atoms with Gasteiger partial charge in [0, 0.05) is 127 Å². The van der Waals surface area contributed by atoms with Crippen molar-refractivity contribution in [3.05, 3.63) is 52.5 Å². The lowest BCUT2D eigenvalue weighted by Crippen LogP contribution is -2.36. The SMILES string of the molecule is [2H]C([2H])([2H])C(Nc1ncc(C(N)=O)c(NC2CCC([2H])(C)C([2H])(O)C2)n1)(C([2H])([2H])[2H])C([2H])([2H])[2H].[2H]C1(Nc2nc(NC(C([2H])([2H])[2H])(C([2H])([2H])[2H])C([2H])([2H])[2H])ncc2C(N)=O)CCC(C([2H])([2H])[2H])C([2H])(O)C1.[2H]C1(Nc2nc(NC(C([2H])([2H])[2H])(C([2H])([2H])[2H])C([2H])([2H])[2H])ncc2C(N)=O)CCC([2H])(C([2H])([2H])[2H])C([2H])(O)C1.[2H]c1nc(NC(C([2H])([2H])[2H])(C([2H])([2H])[2H])C([2H])([2H])[2H])[nH]c(=NC2CCC([2H])(C)C([2H])(O)C2)c1C(N)=O. The molecule has 0 spiro atoms. The van der Waals surface area contributed by atoms with Crippen molar-refractivity contribution >= 4 is 64.9 Å². The number of nitrogens with two attached hydrogens (primary N) is 4. The molecule has 92 heavy (non-hydrogen) atoms. The van der Waals surface area contributed by atoms with E-state index >= 15 is 0 Å². The van der Waals surface area contributed by atoms with Gasteiger partial charge in [-0.1, -0.05) is 27.6 Å². The predicted molar refractivity (Wildman–Crippen MR) is 360 cm³/mol. The summed E-state index contributed by atoms with van der Waals surface area (Å²) in [6.07, 6.45) is -11.8. The van der Waals surface area contributed by atoms with E-state index < -0.39 is 303 Å². The van der Waals surface area contributed by atoms with Crippen molar-refractivity contribution in [2.24, 2.45) is 51.5 Å². The van der Waals surface area contributed by atoms with Gasteiger partial charge in [-0.2, -0.15) is 15.0 Å². The van der Waals surface area contributed by atoms with E-state index in [1.165, 1.54) is 13.8 Å². The van der Waals surface area contributed by atoms with Crippen molar-refractivity contribution in [2.75, 3.05) is 37.2 Å². The van der Waals surface area contributed by atoms with Crippen LogP contribution in [0.15, 0.2) is 29.8 Å². The van der Waals surface area contributed by atoms with Gasteiger partial charge in [0.1, 0.15) is 22.9 Å². The third kappa shape index (κ3) is 24.8. The molecule has 0 radical (unpaired) electrons. The van der Waals surface area contributed by atoms with Gasteiger partial charge in [-0.25, -0.2) is 19.9 Å². The molecule has 0 aromatic carbocycles. The van der Waals surface area contributed by atoms with E-state index in [0.717, 1.165) is 12.4 Å². The van der Waals surface area contributed by atoms with Gasteiger partial charge in [0.15, 0.2) is 0 Å². The van der Waals surface area contributed by atoms with Crippen molar-refractivity contribution in [1.82, 2.24) is 39.9 Å². The lowest BCUT2D eigenvalue weighted by atomic mass is 9.85. The Morgan fingerprint density at radius 3 is 1.34 bits per heavy atom. The summed E-state index contributed by atoms with van der Waals surface area (Å²) >= 11 is 0. The van der Waals surface area contributed by atoms with Crippen LogP contribution in [0.5, 0.6) is 0 Å². The number of carbonyl (C=O) groups excluding carboxylic acids is 4. The molecular formula is C64H108N20O8. The standard InChI is InChI=1S/4C16H27N5O2/c4*1-9-5-6-10(7-12(9)22)19-14-11(13(17)23)8-18-15(20-14)21-16(2,3)4/h4*8-10,12,22H,5-7H2,1-4H3,(H2,17,23)(H2,18,19,20,21)/i1D3,2D3,3D3,4D3,9D,10D,12D;2D3,3D3,4D3,8D,9D,12D;1D3,2D3,3D3,4D3,10D,12D;2D3,3D3,4D3,9D,12D. The molecule has 0 saturated heterocycles. The average Bonchev–Trinajstić information content (AvgIpc) is 0.720. The van der Waals surface area contributed by atoms with E-state index in [1.54, 1.807) is 0 Å². The Morgan fingerprint density at radius 1 is 0.511 bits per heavy atom. The second-order valence-electron chi connectivity index (χ2n) is 21.1. The highest BCUT2D eigenvalue weighted by Gasteiger charge is 2.32. The maximum absolute atomic E-state index is 12.0. The van der Waals surface area contributed by atoms with Crippen molar-refractivity contribution in [3.8, 4) is 0 Å². The number of hydrogen-bond acceptors (Lipinski definition) is 23. The maximum Gasteiger partial charge on any atom is 0.254 e. The number of carbonyl (C=O) groups is 4. The number of nitrogens with zero attached hydrogens (tertiary/aromatic N) is 8. The molecule has 20 N–H and O–H groups in total. The molecule has 4 aromatic heterocycles. The van der Waals surface area contributed by atoms with Gasteiger partial charge in [0.25, 0.3) is 23.6 Å². The van der Waals surface area contributed by atoms with Crippen LogP contribution in [0.25, 0.3) is 0 Å². The molecule has 512 valence electrons. The fourth-order valence-electron chi connectivity index (χ4n) is 8.51. The molecule has 4 aromatic rings.